The van der Waals surface area contributed by atoms with Gasteiger partial charge in [-0.3, -0.25) is 0 Å². The first kappa shape index (κ1) is 17.7. The van der Waals surface area contributed by atoms with Crippen molar-refractivity contribution in [1.29, 1.82) is 0 Å². The Morgan fingerprint density at radius 2 is 1.15 bits per heavy atom. The second kappa shape index (κ2) is 5.45. The van der Waals surface area contributed by atoms with Gasteiger partial charge in [-0.25, -0.2) is 0 Å². The average molecular weight is 341 g/mol. The zero-order valence-corrected chi connectivity index (χ0v) is 11.3. The Hall–Kier alpha value is -0.354. The van der Waals surface area contributed by atoms with E-state index in [0.717, 1.165) is 0 Å². The fourth-order valence-electron chi connectivity index (χ4n) is 1.61. The van der Waals surface area contributed by atoms with Crippen LogP contribution in [0, 0.1) is 0 Å². The maximum absolute atomic E-state index is 12.7. The van der Waals surface area contributed by atoms with Gasteiger partial charge in [0, 0.05) is 5.56 Å². The second-order valence-corrected chi connectivity index (χ2v) is 5.48. The van der Waals surface area contributed by atoms with Crippen LogP contribution in [-0.4, -0.2) is 19.3 Å². The molecule has 0 bridgehead atoms. The molecular weight excluding hydrogens is 339 g/mol. The van der Waals surface area contributed by atoms with Gasteiger partial charge in [0.2, 0.25) is 0 Å². The first-order valence-electron chi connectivity index (χ1n) is 4.73. The van der Waals surface area contributed by atoms with E-state index < -0.39 is 58.2 Å². The van der Waals surface area contributed by atoms with Crippen molar-refractivity contribution in [1.82, 2.24) is 0 Å². The maximum atomic E-state index is 12.7. The molecule has 0 fully saturated rings. The van der Waals surface area contributed by atoms with E-state index in [1.54, 1.807) is 0 Å². The van der Waals surface area contributed by atoms with E-state index in [-0.39, 0.29) is 6.07 Å². The SMILES string of the molecule is FC(F)(F)c1cc[c]([Mg][Cl])c(C(F)(F)F)c1C(F)(F)F. The molecule has 110 valence electrons. The van der Waals surface area contributed by atoms with Crippen molar-refractivity contribution < 1.29 is 39.5 Å². The van der Waals surface area contributed by atoms with Gasteiger partial charge in [0.05, 0.1) is 11.1 Å². The Balaban J connectivity index is 3.87. The van der Waals surface area contributed by atoms with Gasteiger partial charge in [-0.15, -0.1) is 3.69 Å². The molecule has 0 unspecified atom stereocenters. The predicted molar refractivity (Wildman–Crippen MR) is 52.7 cm³/mol. The quantitative estimate of drug-likeness (QED) is 0.530. The largest absolute Gasteiger partial charge is 0.539 e. The van der Waals surface area contributed by atoms with Gasteiger partial charge in [-0.2, -0.15) is 39.5 Å². The van der Waals surface area contributed by atoms with Gasteiger partial charge < -0.3 is 9.07 Å². The minimum atomic E-state index is -5.80. The minimum Gasteiger partial charge on any atom is -0.336 e. The molecule has 0 N–H and O–H groups in total. The lowest BCUT2D eigenvalue weighted by Crippen LogP contribution is -2.31. The third-order valence-corrected chi connectivity index (χ3v) is 4.05. The minimum absolute atomic E-state index is 0.0250. The van der Waals surface area contributed by atoms with Crippen LogP contribution in [0.4, 0.5) is 39.5 Å². The van der Waals surface area contributed by atoms with Crippen LogP contribution in [0.1, 0.15) is 16.7 Å². The molecule has 20 heavy (non-hydrogen) atoms. The Labute approximate surface area is 119 Å². The third kappa shape index (κ3) is 3.64. The van der Waals surface area contributed by atoms with Crippen LogP contribution in [0.2, 0.25) is 0 Å². The van der Waals surface area contributed by atoms with E-state index in [0.29, 0.717) is 6.07 Å². The number of hydrogen-bond donors (Lipinski definition) is 0. The van der Waals surface area contributed by atoms with Crippen molar-refractivity contribution in [3.63, 3.8) is 0 Å². The third-order valence-electron chi connectivity index (χ3n) is 2.31. The Kier molecular flexibility index (Phi) is 4.82. The van der Waals surface area contributed by atoms with Gasteiger partial charge in [0.1, 0.15) is 0 Å². The van der Waals surface area contributed by atoms with E-state index in [4.69, 9.17) is 9.07 Å². The van der Waals surface area contributed by atoms with Crippen molar-refractivity contribution in [2.24, 2.45) is 0 Å². The molecule has 0 radical (unpaired) electrons. The summed E-state index contributed by atoms with van der Waals surface area (Å²) in [5.41, 5.74) is -7.45. The van der Waals surface area contributed by atoms with Crippen LogP contribution in [0.15, 0.2) is 12.1 Å². The van der Waals surface area contributed by atoms with Crippen molar-refractivity contribution >= 4 is 32.0 Å². The molecule has 0 amide bonds. The molecule has 0 saturated carbocycles. The number of rotatable bonds is 1. The molecule has 0 aliphatic heterocycles. The zero-order valence-electron chi connectivity index (χ0n) is 9.14. The normalized spacial score (nSPS) is 13.3. The molecular formula is C9H2ClF9Mg. The summed E-state index contributed by atoms with van der Waals surface area (Å²) in [6.45, 7) is 0. The zero-order chi connectivity index (χ0) is 15.9. The fourth-order valence-corrected chi connectivity index (χ4v) is 3.00. The van der Waals surface area contributed by atoms with E-state index in [9.17, 15) is 39.5 Å². The molecule has 1 rings (SSSR count). The summed E-state index contributed by atoms with van der Waals surface area (Å²) in [6, 6.07) is 0.322. The Morgan fingerprint density at radius 3 is 1.45 bits per heavy atom. The first-order valence-corrected chi connectivity index (χ1v) is 7.58. The summed E-state index contributed by atoms with van der Waals surface area (Å²) in [7, 11) is 5.22. The average Bonchev–Trinajstić information content (AvgIpc) is 2.23. The number of benzene rings is 1. The van der Waals surface area contributed by atoms with Crippen LogP contribution in [-0.2, 0) is 18.5 Å². The van der Waals surface area contributed by atoms with Crippen molar-refractivity contribution in [3.05, 3.63) is 28.8 Å². The number of alkyl halides is 9. The Morgan fingerprint density at radius 1 is 0.700 bits per heavy atom. The number of halogens is 10. The smallest absolute Gasteiger partial charge is 0.336 e. The van der Waals surface area contributed by atoms with Crippen molar-refractivity contribution in [3.8, 4) is 0 Å². The first-order chi connectivity index (χ1) is 8.80. The van der Waals surface area contributed by atoms with E-state index in [2.05, 4.69) is 0 Å². The highest BCUT2D eigenvalue weighted by molar-refractivity contribution is 7.01. The second-order valence-electron chi connectivity index (χ2n) is 3.65. The summed E-state index contributed by atoms with van der Waals surface area (Å²) in [5.74, 6) is 0. The molecule has 0 saturated heterocycles. The highest BCUT2D eigenvalue weighted by atomic mass is 35.5. The topological polar surface area (TPSA) is 0 Å². The molecule has 0 heterocycles. The molecule has 0 atom stereocenters. The van der Waals surface area contributed by atoms with Gasteiger partial charge in [-0.1, -0.05) is 12.1 Å². The molecule has 0 spiro atoms. The highest BCUT2D eigenvalue weighted by Crippen LogP contribution is 2.45. The number of hydrogen-bond acceptors (Lipinski definition) is 0. The molecule has 0 aromatic heterocycles. The maximum Gasteiger partial charge on any atom is 0.539 e. The molecule has 1 aromatic rings. The summed E-state index contributed by atoms with van der Waals surface area (Å²) >= 11 is -2.27. The van der Waals surface area contributed by atoms with Crippen LogP contribution in [0.3, 0.4) is 0 Å². The van der Waals surface area contributed by atoms with Gasteiger partial charge in [0.15, 0.2) is 0 Å². The standard InChI is InChI=1S/C9H2F9.ClH.Mg/c10-7(11,12)4-2-1-3-5(8(13,14)15)6(4)9(16,17)18;;/h1-2H;1H;/q;;+1/p-1. The van der Waals surface area contributed by atoms with E-state index in [1.165, 1.54) is 0 Å². The molecule has 11 heteroatoms. The van der Waals surface area contributed by atoms with Gasteiger partial charge in [-0.05, 0) is 0 Å². The summed E-state index contributed by atoms with van der Waals surface area (Å²) < 4.78 is 113. The van der Waals surface area contributed by atoms with E-state index >= 15 is 0 Å². The lowest BCUT2D eigenvalue weighted by atomic mass is 9.99. The van der Waals surface area contributed by atoms with E-state index in [1.807, 2.05) is 0 Å². The van der Waals surface area contributed by atoms with Gasteiger partial charge >= 0.3 is 37.8 Å². The molecule has 0 aliphatic carbocycles. The molecule has 0 aliphatic rings. The monoisotopic (exact) mass is 340 g/mol. The lowest BCUT2D eigenvalue weighted by molar-refractivity contribution is -0.174. The predicted octanol–water partition coefficient (Wildman–Crippen LogP) is 4.23. The molecule has 1 aromatic carbocycles. The van der Waals surface area contributed by atoms with Gasteiger partial charge in [0.25, 0.3) is 0 Å². The summed E-state index contributed by atoms with van der Waals surface area (Å²) in [5, 5.41) is 0. The van der Waals surface area contributed by atoms with Crippen LogP contribution < -0.4 is 3.69 Å². The highest BCUT2D eigenvalue weighted by Gasteiger charge is 2.50. The van der Waals surface area contributed by atoms with Crippen LogP contribution in [0.5, 0.6) is 0 Å². The summed E-state index contributed by atoms with van der Waals surface area (Å²) in [4.78, 5) is 0. The van der Waals surface area contributed by atoms with Crippen LogP contribution >= 0.6 is 9.07 Å². The molecule has 0 nitrogen and oxygen atoms in total. The lowest BCUT2D eigenvalue weighted by Gasteiger charge is -2.23. The van der Waals surface area contributed by atoms with Crippen molar-refractivity contribution in [2.75, 3.05) is 0 Å². The van der Waals surface area contributed by atoms with Crippen molar-refractivity contribution in [2.45, 2.75) is 18.5 Å². The fraction of sp³-hybridized carbons (Fsp3) is 0.333. The summed E-state index contributed by atoms with van der Waals surface area (Å²) in [6.07, 6.45) is -16.9. The Bertz CT molecular complexity index is 500. The van der Waals surface area contributed by atoms with Crippen LogP contribution in [0.25, 0.3) is 0 Å².